The van der Waals surface area contributed by atoms with E-state index in [2.05, 4.69) is 23.7 Å². The van der Waals surface area contributed by atoms with Crippen molar-refractivity contribution in [2.24, 2.45) is 0 Å². The van der Waals surface area contributed by atoms with Gasteiger partial charge in [0.25, 0.3) is 4.74 Å². The second-order valence-corrected chi connectivity index (χ2v) is 5.76. The Balaban J connectivity index is 2.42. The van der Waals surface area contributed by atoms with E-state index in [0.717, 1.165) is 41.3 Å². The third kappa shape index (κ3) is 2.66. The van der Waals surface area contributed by atoms with Gasteiger partial charge in [-0.05, 0) is 24.3 Å². The summed E-state index contributed by atoms with van der Waals surface area (Å²) in [7, 11) is 0. The van der Waals surface area contributed by atoms with Gasteiger partial charge in [0.15, 0.2) is 5.13 Å². The molecule has 2 aromatic heterocycles. The second kappa shape index (κ2) is 5.60. The molecular formula is C12H16N2OS2. The van der Waals surface area contributed by atoms with Crippen molar-refractivity contribution in [3.8, 4) is 0 Å². The highest BCUT2D eigenvalue weighted by molar-refractivity contribution is 7.21. The molecule has 5 heteroatoms. The van der Waals surface area contributed by atoms with Crippen molar-refractivity contribution in [1.29, 1.82) is 0 Å². The predicted molar refractivity (Wildman–Crippen MR) is 76.6 cm³/mol. The largest absolute Gasteiger partial charge is 0.348 e. The molecule has 0 saturated carbocycles. The van der Waals surface area contributed by atoms with Crippen LogP contribution in [0.3, 0.4) is 0 Å². The van der Waals surface area contributed by atoms with Crippen LogP contribution in [0.15, 0.2) is 16.2 Å². The van der Waals surface area contributed by atoms with Crippen LogP contribution in [0.25, 0.3) is 10.2 Å². The van der Waals surface area contributed by atoms with Gasteiger partial charge in [0.2, 0.25) is 0 Å². The number of rotatable bonds is 5. The Kier molecular flexibility index (Phi) is 4.12. The normalized spacial score (nSPS) is 10.9. The van der Waals surface area contributed by atoms with Gasteiger partial charge in [-0.2, -0.15) is 0 Å². The Morgan fingerprint density at radius 1 is 1.29 bits per heavy atom. The maximum absolute atomic E-state index is 11.9. The van der Waals surface area contributed by atoms with E-state index in [1.807, 2.05) is 11.4 Å². The molecule has 3 nitrogen and oxygen atoms in total. The summed E-state index contributed by atoms with van der Waals surface area (Å²) in [6.45, 7) is 6.22. The summed E-state index contributed by atoms with van der Waals surface area (Å²) < 4.78 is 0.920. The lowest BCUT2D eigenvalue weighted by molar-refractivity contribution is 0.742. The molecule has 0 bridgehead atoms. The van der Waals surface area contributed by atoms with Crippen LogP contribution in [0.1, 0.15) is 26.7 Å². The molecule has 2 rings (SSSR count). The van der Waals surface area contributed by atoms with Crippen molar-refractivity contribution < 1.29 is 0 Å². The van der Waals surface area contributed by atoms with E-state index in [1.165, 1.54) is 22.7 Å². The minimum atomic E-state index is 0.136. The highest BCUT2D eigenvalue weighted by atomic mass is 32.1. The molecule has 0 aromatic carbocycles. The fourth-order valence-corrected chi connectivity index (χ4v) is 3.53. The molecule has 2 heterocycles. The van der Waals surface area contributed by atoms with Crippen molar-refractivity contribution in [3.63, 3.8) is 0 Å². The molecule has 0 saturated heterocycles. The van der Waals surface area contributed by atoms with Crippen LogP contribution in [-0.4, -0.2) is 18.1 Å². The van der Waals surface area contributed by atoms with E-state index in [9.17, 15) is 4.79 Å². The Labute approximate surface area is 109 Å². The van der Waals surface area contributed by atoms with E-state index in [0.29, 0.717) is 0 Å². The van der Waals surface area contributed by atoms with Gasteiger partial charge >= 0.3 is 0 Å². The third-order valence-corrected chi connectivity index (χ3v) is 4.44. The zero-order valence-electron chi connectivity index (χ0n) is 10.1. The molecule has 0 radical (unpaired) electrons. The van der Waals surface area contributed by atoms with Crippen molar-refractivity contribution in [3.05, 3.63) is 21.0 Å². The third-order valence-electron chi connectivity index (χ3n) is 2.49. The monoisotopic (exact) mass is 268 g/mol. The van der Waals surface area contributed by atoms with Crippen LogP contribution in [-0.2, 0) is 0 Å². The number of hydrogen-bond acceptors (Lipinski definition) is 5. The van der Waals surface area contributed by atoms with Crippen LogP contribution in [0, 0.1) is 0 Å². The fourth-order valence-electron chi connectivity index (χ4n) is 1.78. The molecule has 0 fully saturated rings. The zero-order valence-corrected chi connectivity index (χ0v) is 11.7. The summed E-state index contributed by atoms with van der Waals surface area (Å²) in [5, 5.41) is 2.80. The van der Waals surface area contributed by atoms with Crippen LogP contribution in [0.4, 0.5) is 5.13 Å². The highest BCUT2D eigenvalue weighted by Gasteiger charge is 2.11. The molecule has 2 aromatic rings. The van der Waals surface area contributed by atoms with Crippen molar-refractivity contribution in [2.45, 2.75) is 26.7 Å². The number of nitrogens with zero attached hydrogens (tertiary/aromatic N) is 2. The lowest BCUT2D eigenvalue weighted by Crippen LogP contribution is -2.25. The number of hydrogen-bond donors (Lipinski definition) is 0. The van der Waals surface area contributed by atoms with Crippen LogP contribution < -0.4 is 9.64 Å². The molecule has 0 unspecified atom stereocenters. The zero-order chi connectivity index (χ0) is 12.3. The number of thiophene rings is 1. The summed E-state index contributed by atoms with van der Waals surface area (Å²) in [5.74, 6) is 0. The summed E-state index contributed by atoms with van der Waals surface area (Å²) in [6.07, 6.45) is 2.15. The summed E-state index contributed by atoms with van der Waals surface area (Å²) >= 11 is 2.75. The Bertz CT molecular complexity index is 541. The number of fused-ring (bicyclic) bond motifs is 1. The second-order valence-electron chi connectivity index (χ2n) is 3.91. The average molecular weight is 268 g/mol. The van der Waals surface area contributed by atoms with Crippen LogP contribution in [0.5, 0.6) is 0 Å². The van der Waals surface area contributed by atoms with Gasteiger partial charge in [-0.3, -0.25) is 4.79 Å². The van der Waals surface area contributed by atoms with E-state index < -0.39 is 0 Å². The van der Waals surface area contributed by atoms with Gasteiger partial charge in [0.05, 0.1) is 5.52 Å². The Morgan fingerprint density at radius 3 is 2.65 bits per heavy atom. The fraction of sp³-hybridized carbons (Fsp3) is 0.500. The first-order chi connectivity index (χ1) is 8.26. The predicted octanol–water partition coefficient (Wildman–Crippen LogP) is 3.34. The Hall–Kier alpha value is -0.940. The number of anilines is 1. The van der Waals surface area contributed by atoms with Gasteiger partial charge in [-0.25, -0.2) is 4.98 Å². The molecule has 0 N–H and O–H groups in total. The summed E-state index contributed by atoms with van der Waals surface area (Å²) in [5.41, 5.74) is 0.839. The van der Waals surface area contributed by atoms with Crippen LogP contribution >= 0.6 is 22.7 Å². The van der Waals surface area contributed by atoms with E-state index in [-0.39, 0.29) is 4.74 Å². The average Bonchev–Trinajstić information content (AvgIpc) is 2.77. The highest BCUT2D eigenvalue weighted by Crippen LogP contribution is 2.22. The first-order valence-electron chi connectivity index (χ1n) is 5.89. The Morgan fingerprint density at radius 2 is 2.00 bits per heavy atom. The molecule has 17 heavy (non-hydrogen) atoms. The summed E-state index contributed by atoms with van der Waals surface area (Å²) in [6, 6.07) is 1.92. The molecule has 0 amide bonds. The van der Waals surface area contributed by atoms with Gasteiger partial charge in [-0.15, -0.1) is 11.3 Å². The lowest BCUT2D eigenvalue weighted by Gasteiger charge is -2.21. The van der Waals surface area contributed by atoms with Crippen molar-refractivity contribution in [2.75, 3.05) is 18.0 Å². The molecule has 0 aliphatic rings. The van der Waals surface area contributed by atoms with Crippen molar-refractivity contribution in [1.82, 2.24) is 4.98 Å². The molecule has 0 aliphatic carbocycles. The molecular weight excluding hydrogens is 252 g/mol. The standard InChI is InChI=1S/C12H16N2OS2/c1-3-6-14(7-4-2)12-13-9-5-8-16-10(9)11(15)17-12/h5,8H,3-4,6-7H2,1-2H3. The van der Waals surface area contributed by atoms with Gasteiger partial charge in [0.1, 0.15) is 4.70 Å². The quantitative estimate of drug-likeness (QED) is 0.834. The first-order valence-corrected chi connectivity index (χ1v) is 7.59. The van der Waals surface area contributed by atoms with E-state index >= 15 is 0 Å². The molecule has 0 aliphatic heterocycles. The topological polar surface area (TPSA) is 33.2 Å². The van der Waals surface area contributed by atoms with Gasteiger partial charge in [-0.1, -0.05) is 25.2 Å². The molecule has 0 spiro atoms. The smallest absolute Gasteiger partial charge is 0.255 e. The van der Waals surface area contributed by atoms with E-state index in [1.54, 1.807) is 0 Å². The summed E-state index contributed by atoms with van der Waals surface area (Å²) in [4.78, 5) is 18.7. The van der Waals surface area contributed by atoms with Crippen molar-refractivity contribution >= 4 is 38.0 Å². The van der Waals surface area contributed by atoms with E-state index in [4.69, 9.17) is 0 Å². The van der Waals surface area contributed by atoms with Gasteiger partial charge < -0.3 is 4.90 Å². The number of aromatic nitrogens is 1. The maximum atomic E-state index is 11.9. The maximum Gasteiger partial charge on any atom is 0.255 e. The minimum Gasteiger partial charge on any atom is -0.348 e. The van der Waals surface area contributed by atoms with Gasteiger partial charge in [0, 0.05) is 13.1 Å². The molecule has 92 valence electrons. The molecule has 0 atom stereocenters. The SMILES string of the molecule is CCCN(CCC)c1nc2ccsc2c(=O)s1. The first kappa shape index (κ1) is 12.5. The van der Waals surface area contributed by atoms with Crippen LogP contribution in [0.2, 0.25) is 0 Å². The lowest BCUT2D eigenvalue weighted by atomic mass is 10.4. The minimum absolute atomic E-state index is 0.136.